The van der Waals surface area contributed by atoms with Crippen LogP contribution in [-0.2, 0) is 4.79 Å². The summed E-state index contributed by atoms with van der Waals surface area (Å²) in [5.41, 5.74) is 2.70. The van der Waals surface area contributed by atoms with Crippen LogP contribution in [0.15, 0.2) is 66.7 Å². The maximum absolute atomic E-state index is 12.4. The average Bonchev–Trinajstić information content (AvgIpc) is 2.76. The number of carbonyl (C=O) groups excluding carboxylic acids is 2. The Bertz CT molecular complexity index is 1050. The number of benzene rings is 3. The summed E-state index contributed by atoms with van der Waals surface area (Å²) in [5.74, 6) is 0.697. The van der Waals surface area contributed by atoms with E-state index in [2.05, 4.69) is 10.6 Å². The Balaban J connectivity index is 1.50. The van der Waals surface area contributed by atoms with Gasteiger partial charge in [-0.2, -0.15) is 0 Å². The Morgan fingerprint density at radius 1 is 0.871 bits per heavy atom. The fourth-order valence-electron chi connectivity index (χ4n) is 2.81. The van der Waals surface area contributed by atoms with E-state index in [-0.39, 0.29) is 18.4 Å². The lowest BCUT2D eigenvalue weighted by molar-refractivity contribution is -0.118. The third-order valence-corrected chi connectivity index (χ3v) is 4.61. The Morgan fingerprint density at radius 2 is 1.52 bits per heavy atom. The van der Waals surface area contributed by atoms with Gasteiger partial charge < -0.3 is 20.1 Å². The molecular formula is C24H23ClN2O4. The highest BCUT2D eigenvalue weighted by Crippen LogP contribution is 2.21. The number of anilines is 2. The molecule has 0 aliphatic heterocycles. The number of amides is 2. The number of ether oxygens (including phenoxy) is 2. The standard InChI is InChI=1S/C24H23ClN2O4/c1-3-30-20-11-7-19(8-12-20)26-23(28)15-31-21-9-4-17(5-10-21)24(29)27-22-13-6-18(25)14-16(22)2/h4-14H,3,15H2,1-2H3,(H,26,28)(H,27,29). The fraction of sp³-hybridized carbons (Fsp3) is 0.167. The van der Waals surface area contributed by atoms with Gasteiger partial charge in [0, 0.05) is 22.0 Å². The normalized spacial score (nSPS) is 10.3. The smallest absolute Gasteiger partial charge is 0.262 e. The first-order valence-electron chi connectivity index (χ1n) is 9.77. The molecule has 6 nitrogen and oxygen atoms in total. The molecule has 160 valence electrons. The number of nitrogens with one attached hydrogen (secondary N) is 2. The minimum atomic E-state index is -0.288. The predicted molar refractivity (Wildman–Crippen MR) is 122 cm³/mol. The third-order valence-electron chi connectivity index (χ3n) is 4.37. The topological polar surface area (TPSA) is 76.7 Å². The zero-order chi connectivity index (χ0) is 22.2. The lowest BCUT2D eigenvalue weighted by Gasteiger charge is -2.10. The molecule has 31 heavy (non-hydrogen) atoms. The van der Waals surface area contributed by atoms with Gasteiger partial charge >= 0.3 is 0 Å². The molecule has 0 saturated carbocycles. The van der Waals surface area contributed by atoms with Gasteiger partial charge in [-0.05, 0) is 86.1 Å². The largest absolute Gasteiger partial charge is 0.494 e. The SMILES string of the molecule is CCOc1ccc(NC(=O)COc2ccc(C(=O)Nc3ccc(Cl)cc3C)cc2)cc1. The second kappa shape index (κ2) is 10.5. The second-order valence-electron chi connectivity index (χ2n) is 6.73. The highest BCUT2D eigenvalue weighted by atomic mass is 35.5. The summed E-state index contributed by atoms with van der Waals surface area (Å²) >= 11 is 5.94. The summed E-state index contributed by atoms with van der Waals surface area (Å²) in [6.07, 6.45) is 0. The zero-order valence-corrected chi connectivity index (χ0v) is 18.0. The van der Waals surface area contributed by atoms with Gasteiger partial charge in [0.25, 0.3) is 11.8 Å². The molecule has 7 heteroatoms. The molecular weight excluding hydrogens is 416 g/mol. The van der Waals surface area contributed by atoms with Gasteiger partial charge in [0.1, 0.15) is 11.5 Å². The number of hydrogen-bond acceptors (Lipinski definition) is 4. The van der Waals surface area contributed by atoms with E-state index < -0.39 is 0 Å². The predicted octanol–water partition coefficient (Wildman–Crippen LogP) is 5.32. The molecule has 0 heterocycles. The molecule has 0 unspecified atom stereocenters. The van der Waals surface area contributed by atoms with Gasteiger partial charge in [-0.1, -0.05) is 11.6 Å². The molecule has 0 aliphatic rings. The van der Waals surface area contributed by atoms with E-state index in [4.69, 9.17) is 21.1 Å². The molecule has 0 aliphatic carbocycles. The lowest BCUT2D eigenvalue weighted by Crippen LogP contribution is -2.20. The van der Waals surface area contributed by atoms with Crippen LogP contribution in [-0.4, -0.2) is 25.0 Å². The van der Waals surface area contributed by atoms with Crippen molar-refractivity contribution in [3.05, 3.63) is 82.9 Å². The van der Waals surface area contributed by atoms with Crippen molar-refractivity contribution in [1.29, 1.82) is 0 Å². The van der Waals surface area contributed by atoms with Crippen LogP contribution < -0.4 is 20.1 Å². The summed E-state index contributed by atoms with van der Waals surface area (Å²) in [7, 11) is 0. The van der Waals surface area contributed by atoms with Crippen molar-refractivity contribution in [2.45, 2.75) is 13.8 Å². The summed E-state index contributed by atoms with van der Waals surface area (Å²) in [4.78, 5) is 24.5. The molecule has 0 bridgehead atoms. The summed E-state index contributed by atoms with van der Waals surface area (Å²) in [5, 5.41) is 6.22. The van der Waals surface area contributed by atoms with E-state index >= 15 is 0 Å². The van der Waals surface area contributed by atoms with Gasteiger partial charge in [0.05, 0.1) is 6.61 Å². The van der Waals surface area contributed by atoms with Gasteiger partial charge in [0.2, 0.25) is 0 Å². The van der Waals surface area contributed by atoms with Gasteiger partial charge in [-0.3, -0.25) is 9.59 Å². The number of hydrogen-bond donors (Lipinski definition) is 2. The highest BCUT2D eigenvalue weighted by Gasteiger charge is 2.09. The summed E-state index contributed by atoms with van der Waals surface area (Å²) < 4.78 is 10.9. The Morgan fingerprint density at radius 3 is 2.16 bits per heavy atom. The van der Waals surface area contributed by atoms with E-state index in [9.17, 15) is 9.59 Å². The van der Waals surface area contributed by atoms with Gasteiger partial charge in [0.15, 0.2) is 6.61 Å². The molecule has 3 aromatic rings. The van der Waals surface area contributed by atoms with Gasteiger partial charge in [-0.25, -0.2) is 0 Å². The van der Waals surface area contributed by atoms with Crippen molar-refractivity contribution in [1.82, 2.24) is 0 Å². The quantitative estimate of drug-likeness (QED) is 0.499. The minimum Gasteiger partial charge on any atom is -0.494 e. The minimum absolute atomic E-state index is 0.150. The zero-order valence-electron chi connectivity index (χ0n) is 17.3. The van der Waals surface area contributed by atoms with E-state index in [0.717, 1.165) is 11.3 Å². The summed E-state index contributed by atoms with van der Waals surface area (Å²) in [6, 6.07) is 18.9. The fourth-order valence-corrected chi connectivity index (χ4v) is 3.04. The maximum Gasteiger partial charge on any atom is 0.262 e. The average molecular weight is 439 g/mol. The number of rotatable bonds is 8. The van der Waals surface area contributed by atoms with Crippen molar-refractivity contribution in [3.63, 3.8) is 0 Å². The molecule has 0 spiro atoms. The summed E-state index contributed by atoms with van der Waals surface area (Å²) in [6.45, 7) is 4.22. The van der Waals surface area contributed by atoms with Gasteiger partial charge in [-0.15, -0.1) is 0 Å². The number of aryl methyl sites for hydroxylation is 1. The van der Waals surface area contributed by atoms with Crippen molar-refractivity contribution >= 4 is 34.8 Å². The van der Waals surface area contributed by atoms with Crippen LogP contribution in [0.1, 0.15) is 22.8 Å². The van der Waals surface area contributed by atoms with Crippen molar-refractivity contribution < 1.29 is 19.1 Å². The molecule has 0 saturated heterocycles. The Labute approximate surface area is 186 Å². The maximum atomic E-state index is 12.4. The molecule has 3 rings (SSSR count). The first-order chi connectivity index (χ1) is 14.9. The molecule has 0 aromatic heterocycles. The number of halogens is 1. The van der Waals surface area contributed by atoms with Crippen LogP contribution >= 0.6 is 11.6 Å². The van der Waals surface area contributed by atoms with Crippen LogP contribution in [0.2, 0.25) is 5.02 Å². The lowest BCUT2D eigenvalue weighted by atomic mass is 10.1. The van der Waals surface area contributed by atoms with Crippen molar-refractivity contribution in [2.75, 3.05) is 23.8 Å². The Hall–Kier alpha value is -3.51. The monoisotopic (exact) mass is 438 g/mol. The van der Waals surface area contributed by atoms with Crippen LogP contribution in [0.4, 0.5) is 11.4 Å². The molecule has 3 aromatic carbocycles. The second-order valence-corrected chi connectivity index (χ2v) is 7.17. The molecule has 2 amide bonds. The van der Waals surface area contributed by atoms with Crippen LogP contribution in [0.3, 0.4) is 0 Å². The Kier molecular flexibility index (Phi) is 7.51. The third kappa shape index (κ3) is 6.49. The first-order valence-corrected chi connectivity index (χ1v) is 10.2. The van der Waals surface area contributed by atoms with Crippen molar-refractivity contribution in [3.8, 4) is 11.5 Å². The van der Waals surface area contributed by atoms with E-state index in [1.807, 2.05) is 13.8 Å². The van der Waals surface area contributed by atoms with E-state index in [0.29, 0.717) is 34.3 Å². The first kappa shape index (κ1) is 22.2. The number of carbonyl (C=O) groups is 2. The van der Waals surface area contributed by atoms with Crippen LogP contribution in [0.25, 0.3) is 0 Å². The molecule has 0 radical (unpaired) electrons. The molecule has 0 atom stereocenters. The highest BCUT2D eigenvalue weighted by molar-refractivity contribution is 6.30. The van der Waals surface area contributed by atoms with Crippen LogP contribution in [0, 0.1) is 6.92 Å². The van der Waals surface area contributed by atoms with E-state index in [1.54, 1.807) is 66.7 Å². The molecule has 2 N–H and O–H groups in total. The van der Waals surface area contributed by atoms with Crippen LogP contribution in [0.5, 0.6) is 11.5 Å². The van der Waals surface area contributed by atoms with E-state index in [1.165, 1.54) is 0 Å². The molecule has 0 fully saturated rings. The van der Waals surface area contributed by atoms with Crippen molar-refractivity contribution in [2.24, 2.45) is 0 Å².